The monoisotopic (exact) mass is 1110 g/mol. The summed E-state index contributed by atoms with van der Waals surface area (Å²) >= 11 is 0. The number of aliphatic hydroxyl groups excluding tert-OH is 1. The Morgan fingerprint density at radius 3 is 2.33 bits per heavy atom. The van der Waals surface area contributed by atoms with Gasteiger partial charge in [0.15, 0.2) is 23.6 Å². The maximum Gasteiger partial charge on any atom is 0.316 e. The lowest BCUT2D eigenvalue weighted by Crippen LogP contribution is -2.57. The fraction of sp³-hybridized carbons (Fsp3) is 0.646. The maximum absolute atomic E-state index is 14.6. The molecule has 1 aromatic rings. The fourth-order valence-corrected chi connectivity index (χ4v) is 12.5. The second-order valence-corrected chi connectivity index (χ2v) is 23.4. The predicted molar refractivity (Wildman–Crippen MR) is 325 cm³/mol. The Balaban J connectivity index is 1.21. The number of aliphatic hydroxyl groups is 1. The quantitative estimate of drug-likeness (QED) is 0.0213. The number of hydrogen-bond acceptors (Lipinski definition) is 14. The van der Waals surface area contributed by atoms with E-state index in [-0.39, 0.29) is 41.7 Å². The van der Waals surface area contributed by atoms with E-state index in [2.05, 4.69) is 118 Å². The number of cyclic esters (lactones) is 1. The summed E-state index contributed by atoms with van der Waals surface area (Å²) in [7, 11) is 2.04. The molecule has 4 saturated heterocycles. The van der Waals surface area contributed by atoms with Gasteiger partial charge in [-0.3, -0.25) is 14.5 Å². The standard InChI is InChI=1S/C65H104N8O7/c1-17-23-29-54(20-4)56-43-72(44-66-56)32-24-25-34-73-52(14)80-65(15)58(22-6)78-63(76)51(13)59(74)50(12)61(46(8)40-45(7)48(10)49(11)62(65)73)79-64-60(75)57(41-47(9)77-64)69(16)35-30-55(21-5)68-67-31-26-33-70-36-38-71(39-37-70)42-53(27-18-2)28-19-3/h17-21,23,27-29,43-47,49-51,57-58,60-62,64,67-68,75H,2,4,10,14,22,24-26,30-42H2,1,3,5-9,11-13,15-16H3/b23-17-,28-19-,53-27+,54-29+,55-21-/t45-,46+,47?,49?,50+,51?,57?,58-,60-,61+,62?,64?,65?/m1/s1. The first-order valence-electron chi connectivity index (χ1n) is 30.0. The van der Waals surface area contributed by atoms with Crippen LogP contribution in [-0.4, -0.2) is 160 Å². The van der Waals surface area contributed by atoms with Crippen LogP contribution in [0.1, 0.15) is 127 Å². The lowest BCUT2D eigenvalue weighted by molar-refractivity contribution is -0.278. The second kappa shape index (κ2) is 32.1. The van der Waals surface area contributed by atoms with Gasteiger partial charge < -0.3 is 48.7 Å². The van der Waals surface area contributed by atoms with Crippen molar-refractivity contribution in [3.8, 4) is 0 Å². The van der Waals surface area contributed by atoms with Crippen molar-refractivity contribution in [1.29, 1.82) is 0 Å². The van der Waals surface area contributed by atoms with Crippen molar-refractivity contribution in [3.63, 3.8) is 0 Å². The first-order chi connectivity index (χ1) is 38.2. The van der Waals surface area contributed by atoms with Crippen LogP contribution in [0.3, 0.4) is 0 Å². The van der Waals surface area contributed by atoms with Gasteiger partial charge in [0.1, 0.15) is 18.1 Å². The van der Waals surface area contributed by atoms with Gasteiger partial charge in [0.05, 0.1) is 30.3 Å². The number of nitrogens with zero attached hydrogens (tertiary/aromatic N) is 6. The van der Waals surface area contributed by atoms with Crippen molar-refractivity contribution in [2.45, 2.75) is 176 Å². The molecule has 446 valence electrons. The molecule has 7 unspecified atom stereocenters. The largest absolute Gasteiger partial charge is 0.467 e. The molecule has 80 heavy (non-hydrogen) atoms. The SMILES string of the molecule is C=C/C=C(\C=C/C)CN1CCN(CCCNN/C(=C\C)CCN(C)C2CC(C)OC(O[C@H]3[C@@H](C)C[C@@H](C)C(=C)C(C)C4N(CCCCn5cnc(/C(C=C)=C/C=C\C)c5)C(=C)OC4(C)[C@@H](CC)OC(=O)C(C)C(=O)[C@@H]3C)[C@@H]2O)CC1. The van der Waals surface area contributed by atoms with Crippen LogP contribution in [-0.2, 0) is 35.1 Å². The Hall–Kier alpha value is -4.87. The molecule has 4 aliphatic heterocycles. The van der Waals surface area contributed by atoms with Crippen LogP contribution in [0.25, 0.3) is 5.57 Å². The highest BCUT2D eigenvalue weighted by atomic mass is 16.7. The van der Waals surface area contributed by atoms with Crippen molar-refractivity contribution in [3.05, 3.63) is 122 Å². The second-order valence-electron chi connectivity index (χ2n) is 23.4. The van der Waals surface area contributed by atoms with Gasteiger partial charge in [0.2, 0.25) is 0 Å². The number of carbonyl (C=O) groups excluding carboxylic acids is 2. The number of allylic oxidation sites excluding steroid dienone is 9. The highest BCUT2D eigenvalue weighted by Gasteiger charge is 2.57. The molecule has 15 heteroatoms. The Bertz CT molecular complexity index is 2350. The van der Waals surface area contributed by atoms with E-state index < -0.39 is 48.0 Å². The maximum atomic E-state index is 14.6. The lowest BCUT2D eigenvalue weighted by atomic mass is 9.73. The predicted octanol–water partition coefficient (Wildman–Crippen LogP) is 10.0. The highest BCUT2D eigenvalue weighted by Crippen LogP contribution is 2.46. The molecule has 0 spiro atoms. The number of aryl methyl sites for hydroxylation is 1. The zero-order valence-electron chi connectivity index (χ0n) is 51.2. The molecule has 4 fully saturated rings. The average Bonchev–Trinajstić information content (AvgIpc) is 4.02. The summed E-state index contributed by atoms with van der Waals surface area (Å²) in [6.07, 6.45) is 23.7. The number of esters is 1. The molecule has 0 radical (unpaired) electrons. The number of Topliss-reactive ketones (excluding diaryl/α,β-unsaturated/α-hetero) is 1. The van der Waals surface area contributed by atoms with Crippen molar-refractivity contribution in [2.24, 2.45) is 29.6 Å². The summed E-state index contributed by atoms with van der Waals surface area (Å²) in [5.74, 6) is -2.45. The number of carbonyl (C=O) groups is 2. The third-order valence-electron chi connectivity index (χ3n) is 17.4. The molecular formula is C65H104N8O7. The van der Waals surface area contributed by atoms with Crippen molar-refractivity contribution >= 4 is 17.3 Å². The molecule has 13 atom stereocenters. The van der Waals surface area contributed by atoms with Gasteiger partial charge in [0.25, 0.3) is 0 Å². The number of unbranched alkanes of at least 4 members (excludes halogenated alkanes) is 1. The summed E-state index contributed by atoms with van der Waals surface area (Å²) in [5, 5.41) is 12.2. The van der Waals surface area contributed by atoms with Gasteiger partial charge in [-0.25, -0.2) is 10.4 Å². The molecule has 0 aromatic carbocycles. The van der Waals surface area contributed by atoms with Crippen molar-refractivity contribution in [1.82, 2.24) is 40.0 Å². The van der Waals surface area contributed by atoms with Gasteiger partial charge in [-0.1, -0.05) is 115 Å². The molecule has 0 aliphatic carbocycles. The van der Waals surface area contributed by atoms with E-state index in [1.807, 2.05) is 85.3 Å². The molecule has 5 rings (SSSR count). The van der Waals surface area contributed by atoms with Crippen LogP contribution in [0.4, 0.5) is 0 Å². The Morgan fingerprint density at radius 1 is 0.950 bits per heavy atom. The van der Waals surface area contributed by atoms with Gasteiger partial charge >= 0.3 is 5.97 Å². The Morgan fingerprint density at radius 2 is 1.66 bits per heavy atom. The number of piperazine rings is 1. The number of aromatic nitrogens is 2. The summed E-state index contributed by atoms with van der Waals surface area (Å²) in [6, 6.07) is -0.527. The average molecular weight is 1110 g/mol. The molecule has 0 amide bonds. The van der Waals surface area contributed by atoms with E-state index >= 15 is 0 Å². The van der Waals surface area contributed by atoms with E-state index in [9.17, 15) is 14.7 Å². The van der Waals surface area contributed by atoms with Gasteiger partial charge in [-0.15, -0.1) is 0 Å². The zero-order valence-corrected chi connectivity index (χ0v) is 51.2. The van der Waals surface area contributed by atoms with Crippen LogP contribution in [0.15, 0.2) is 116 Å². The van der Waals surface area contributed by atoms with E-state index in [1.165, 1.54) is 5.57 Å². The number of rotatable bonds is 25. The molecule has 0 bridgehead atoms. The number of nitrogens with one attached hydrogen (secondary N) is 2. The molecular weight excluding hydrogens is 1000 g/mol. The Kier molecular flexibility index (Phi) is 26.5. The topological polar surface area (TPSA) is 146 Å². The smallest absolute Gasteiger partial charge is 0.316 e. The van der Waals surface area contributed by atoms with E-state index in [4.69, 9.17) is 25.5 Å². The van der Waals surface area contributed by atoms with Crippen molar-refractivity contribution < 1.29 is 33.6 Å². The van der Waals surface area contributed by atoms with Crippen LogP contribution in [0, 0.1) is 29.6 Å². The van der Waals surface area contributed by atoms with Crippen LogP contribution < -0.4 is 10.9 Å². The minimum atomic E-state index is -1.08. The van der Waals surface area contributed by atoms with Crippen LogP contribution in [0.5, 0.6) is 0 Å². The van der Waals surface area contributed by atoms with Crippen LogP contribution in [0.2, 0.25) is 0 Å². The molecule has 1 aromatic heterocycles. The molecule has 4 aliphatic rings. The first-order valence-corrected chi connectivity index (χ1v) is 30.0. The number of fused-ring (bicyclic) bond motifs is 1. The first kappa shape index (κ1) is 65.9. The van der Waals surface area contributed by atoms with Crippen LogP contribution >= 0.6 is 0 Å². The third kappa shape index (κ3) is 17.6. The molecule has 3 N–H and O–H groups in total. The van der Waals surface area contributed by atoms with Gasteiger partial charge in [-0.05, 0) is 118 Å². The lowest BCUT2D eigenvalue weighted by Gasteiger charge is -2.45. The summed E-state index contributed by atoms with van der Waals surface area (Å²) in [6.45, 7) is 48.3. The van der Waals surface area contributed by atoms with E-state index in [0.29, 0.717) is 38.2 Å². The molecule has 0 saturated carbocycles. The highest BCUT2D eigenvalue weighted by molar-refractivity contribution is 6.00. The number of ether oxygens (including phenoxy) is 4. The van der Waals surface area contributed by atoms with Gasteiger partial charge in [0, 0.05) is 101 Å². The number of likely N-dealkylation sites (N-methyl/N-ethyl adjacent to an activating group) is 1. The van der Waals surface area contributed by atoms with Gasteiger partial charge in [-0.2, -0.15) is 0 Å². The number of hydrazine groups is 1. The van der Waals surface area contributed by atoms with Crippen molar-refractivity contribution in [2.75, 3.05) is 66.0 Å². The molecule has 5 heterocycles. The number of ketones is 1. The number of imidazole rings is 1. The normalized spacial score (nSPS) is 31.4. The summed E-state index contributed by atoms with van der Waals surface area (Å²) in [5.41, 5.74) is 11.2. The zero-order chi connectivity index (χ0) is 58.7. The Labute approximate surface area is 482 Å². The minimum absolute atomic E-state index is 0.00175. The van der Waals surface area contributed by atoms with E-state index in [0.717, 1.165) is 101 Å². The molecule has 15 nitrogen and oxygen atoms in total. The van der Waals surface area contributed by atoms with E-state index in [1.54, 1.807) is 6.92 Å². The fourth-order valence-electron chi connectivity index (χ4n) is 12.5. The summed E-state index contributed by atoms with van der Waals surface area (Å²) < 4.78 is 28.7. The minimum Gasteiger partial charge on any atom is -0.467 e. The summed E-state index contributed by atoms with van der Waals surface area (Å²) in [4.78, 5) is 43.0. The third-order valence-corrected chi connectivity index (χ3v) is 17.4. The number of hydrogen-bond donors (Lipinski definition) is 3.